The van der Waals surface area contributed by atoms with Crippen molar-refractivity contribution in [2.45, 2.75) is 45.3 Å². The lowest BCUT2D eigenvalue weighted by atomic mass is 10.0. The highest BCUT2D eigenvalue weighted by Crippen LogP contribution is 2.25. The van der Waals surface area contributed by atoms with E-state index in [9.17, 15) is 22.4 Å². The molecule has 0 aliphatic heterocycles. The third-order valence-electron chi connectivity index (χ3n) is 6.65. The van der Waals surface area contributed by atoms with Crippen LogP contribution >= 0.6 is 11.6 Å². The Morgan fingerprint density at radius 1 is 0.951 bits per heavy atom. The van der Waals surface area contributed by atoms with E-state index in [4.69, 9.17) is 11.6 Å². The van der Waals surface area contributed by atoms with Crippen LogP contribution in [0.4, 0.5) is 10.1 Å². The summed E-state index contributed by atoms with van der Waals surface area (Å²) in [5.41, 5.74) is 1.18. The van der Waals surface area contributed by atoms with Crippen molar-refractivity contribution in [1.82, 2.24) is 14.5 Å². The van der Waals surface area contributed by atoms with Gasteiger partial charge in [0.15, 0.2) is 0 Å². The minimum Gasteiger partial charge on any atom is -0.352 e. The molecule has 41 heavy (non-hydrogen) atoms. The smallest absolute Gasteiger partial charge is 0.304 e. The standard InChI is InChI=1S/C30H36ClFN4O4S/c1-5-22(2)33-30(38)28(19-23-12-7-6-8-13-23)35(20-24-14-11-15-25(31)18-24)29(37)21-36(41(39,40)34(3)4)27-17-10-9-16-26(27)32/h6-18,22,28H,5,19-21H2,1-4H3,(H,33,38)/t22-,28-/m0/s1. The van der Waals surface area contributed by atoms with Crippen molar-refractivity contribution >= 4 is 39.3 Å². The third-order valence-corrected chi connectivity index (χ3v) is 8.69. The molecule has 0 heterocycles. The van der Waals surface area contributed by atoms with Crippen LogP contribution in [0.25, 0.3) is 0 Å². The van der Waals surface area contributed by atoms with Crippen LogP contribution in [0, 0.1) is 5.82 Å². The Hall–Kier alpha value is -3.47. The summed E-state index contributed by atoms with van der Waals surface area (Å²) in [5, 5.41) is 3.41. The van der Waals surface area contributed by atoms with Crippen molar-refractivity contribution in [3.05, 3.63) is 101 Å². The number of hydrogen-bond donors (Lipinski definition) is 1. The van der Waals surface area contributed by atoms with Gasteiger partial charge in [0.25, 0.3) is 0 Å². The Balaban J connectivity index is 2.11. The lowest BCUT2D eigenvalue weighted by molar-refractivity contribution is -0.140. The van der Waals surface area contributed by atoms with Gasteiger partial charge in [0.2, 0.25) is 11.8 Å². The van der Waals surface area contributed by atoms with Gasteiger partial charge in [-0.2, -0.15) is 12.7 Å². The van der Waals surface area contributed by atoms with Gasteiger partial charge in [0, 0.05) is 38.1 Å². The number of nitrogens with one attached hydrogen (secondary N) is 1. The van der Waals surface area contributed by atoms with E-state index in [0.717, 1.165) is 20.2 Å². The van der Waals surface area contributed by atoms with Crippen molar-refractivity contribution in [3.8, 4) is 0 Å². The number of nitrogens with zero attached hydrogens (tertiary/aromatic N) is 3. The zero-order valence-corrected chi connectivity index (χ0v) is 25.2. The number of amides is 2. The average Bonchev–Trinajstić information content (AvgIpc) is 2.94. The number of rotatable bonds is 13. The molecule has 0 bridgehead atoms. The van der Waals surface area contributed by atoms with Crippen LogP contribution in [0.5, 0.6) is 0 Å². The number of anilines is 1. The largest absolute Gasteiger partial charge is 0.352 e. The van der Waals surface area contributed by atoms with Gasteiger partial charge < -0.3 is 10.2 Å². The molecule has 0 saturated heterocycles. The Labute approximate surface area is 246 Å². The molecule has 3 aromatic rings. The number of hydrogen-bond acceptors (Lipinski definition) is 4. The van der Waals surface area contributed by atoms with Crippen LogP contribution in [-0.4, -0.2) is 62.2 Å². The maximum atomic E-state index is 14.9. The van der Waals surface area contributed by atoms with Gasteiger partial charge in [0.05, 0.1) is 5.69 Å². The van der Waals surface area contributed by atoms with Crippen LogP contribution in [-0.2, 0) is 32.8 Å². The molecule has 11 heteroatoms. The fraction of sp³-hybridized carbons (Fsp3) is 0.333. The summed E-state index contributed by atoms with van der Waals surface area (Å²) in [6.07, 6.45) is 0.851. The molecular weight excluding hydrogens is 567 g/mol. The summed E-state index contributed by atoms with van der Waals surface area (Å²) < 4.78 is 43.2. The Morgan fingerprint density at radius 3 is 2.20 bits per heavy atom. The average molecular weight is 603 g/mol. The molecule has 3 rings (SSSR count). The van der Waals surface area contributed by atoms with Gasteiger partial charge in [-0.15, -0.1) is 0 Å². The maximum absolute atomic E-state index is 14.9. The summed E-state index contributed by atoms with van der Waals surface area (Å²) >= 11 is 6.23. The van der Waals surface area contributed by atoms with Gasteiger partial charge in [-0.3, -0.25) is 9.59 Å². The fourth-order valence-electron chi connectivity index (χ4n) is 4.18. The first-order valence-corrected chi connectivity index (χ1v) is 15.0. The molecule has 0 unspecified atom stereocenters. The second-order valence-corrected chi connectivity index (χ2v) is 12.4. The van der Waals surface area contributed by atoms with E-state index in [1.54, 1.807) is 24.3 Å². The Bertz CT molecular complexity index is 1440. The summed E-state index contributed by atoms with van der Waals surface area (Å²) in [7, 11) is -1.69. The summed E-state index contributed by atoms with van der Waals surface area (Å²) in [5.74, 6) is -1.87. The van der Waals surface area contributed by atoms with Crippen molar-refractivity contribution in [2.75, 3.05) is 24.9 Å². The van der Waals surface area contributed by atoms with Crippen LogP contribution in [0.2, 0.25) is 5.02 Å². The van der Waals surface area contributed by atoms with Gasteiger partial charge in [-0.25, -0.2) is 8.70 Å². The first-order valence-electron chi connectivity index (χ1n) is 13.3. The molecule has 2 amide bonds. The van der Waals surface area contributed by atoms with Crippen molar-refractivity contribution < 1.29 is 22.4 Å². The van der Waals surface area contributed by atoms with E-state index in [2.05, 4.69) is 5.32 Å². The SMILES string of the molecule is CC[C@H](C)NC(=O)[C@H](Cc1ccccc1)N(Cc1cccc(Cl)c1)C(=O)CN(c1ccccc1F)S(=O)(=O)N(C)C. The van der Waals surface area contributed by atoms with Crippen molar-refractivity contribution in [2.24, 2.45) is 0 Å². The lowest BCUT2D eigenvalue weighted by Gasteiger charge is -2.35. The predicted octanol–water partition coefficient (Wildman–Crippen LogP) is 4.65. The molecule has 3 aromatic carbocycles. The van der Waals surface area contributed by atoms with Gasteiger partial charge in [-0.05, 0) is 48.7 Å². The van der Waals surface area contributed by atoms with Crippen LogP contribution in [0.3, 0.4) is 0 Å². The summed E-state index contributed by atoms with van der Waals surface area (Å²) in [6, 6.07) is 20.3. The monoisotopic (exact) mass is 602 g/mol. The zero-order chi connectivity index (χ0) is 30.2. The van der Waals surface area contributed by atoms with Crippen molar-refractivity contribution in [1.29, 1.82) is 0 Å². The van der Waals surface area contributed by atoms with Gasteiger partial charge in [-0.1, -0.05) is 73.1 Å². The van der Waals surface area contributed by atoms with Gasteiger partial charge in [0.1, 0.15) is 18.4 Å². The summed E-state index contributed by atoms with van der Waals surface area (Å²) in [6.45, 7) is 3.04. The minimum absolute atomic E-state index is 0.0298. The molecule has 2 atom stereocenters. The van der Waals surface area contributed by atoms with E-state index >= 15 is 0 Å². The van der Waals surface area contributed by atoms with E-state index in [0.29, 0.717) is 17.0 Å². The normalized spacial score (nSPS) is 13.0. The molecule has 0 fully saturated rings. The van der Waals surface area contributed by atoms with Crippen molar-refractivity contribution in [3.63, 3.8) is 0 Å². The molecule has 0 aromatic heterocycles. The summed E-state index contributed by atoms with van der Waals surface area (Å²) in [4.78, 5) is 29.2. The van der Waals surface area contributed by atoms with Crippen LogP contribution in [0.15, 0.2) is 78.9 Å². The molecule has 220 valence electrons. The highest BCUT2D eigenvalue weighted by molar-refractivity contribution is 7.90. The number of benzene rings is 3. The van der Waals surface area contributed by atoms with Crippen LogP contribution in [0.1, 0.15) is 31.4 Å². The Kier molecular flexibility index (Phi) is 11.3. The lowest BCUT2D eigenvalue weighted by Crippen LogP contribution is -2.55. The second kappa shape index (κ2) is 14.4. The number of halogens is 2. The van der Waals surface area contributed by atoms with E-state index in [1.165, 1.54) is 37.2 Å². The highest BCUT2D eigenvalue weighted by atomic mass is 35.5. The number of para-hydroxylation sites is 1. The highest BCUT2D eigenvalue weighted by Gasteiger charge is 2.35. The molecule has 0 spiro atoms. The third kappa shape index (κ3) is 8.51. The van der Waals surface area contributed by atoms with Crippen LogP contribution < -0.4 is 9.62 Å². The molecule has 8 nitrogen and oxygen atoms in total. The molecule has 1 N–H and O–H groups in total. The molecule has 0 aliphatic carbocycles. The molecule has 0 aliphatic rings. The predicted molar refractivity (Wildman–Crippen MR) is 160 cm³/mol. The Morgan fingerprint density at radius 2 is 1.59 bits per heavy atom. The first kappa shape index (κ1) is 32.0. The first-order chi connectivity index (χ1) is 19.4. The quantitative estimate of drug-likeness (QED) is 0.308. The maximum Gasteiger partial charge on any atom is 0.304 e. The van der Waals surface area contributed by atoms with E-state index < -0.39 is 34.5 Å². The topological polar surface area (TPSA) is 90.0 Å². The van der Waals surface area contributed by atoms with E-state index in [-0.39, 0.29) is 30.6 Å². The molecule has 0 saturated carbocycles. The zero-order valence-electron chi connectivity index (χ0n) is 23.6. The van der Waals surface area contributed by atoms with Gasteiger partial charge >= 0.3 is 10.2 Å². The number of carbonyl (C=O) groups excluding carboxylic acids is 2. The van der Waals surface area contributed by atoms with E-state index in [1.807, 2.05) is 44.2 Å². The molecule has 0 radical (unpaired) electrons. The molecular formula is C30H36ClFN4O4S. The fourth-order valence-corrected chi connectivity index (χ4v) is 5.46. The second-order valence-electron chi connectivity index (χ2n) is 9.92. The minimum atomic E-state index is -4.29. The number of carbonyl (C=O) groups is 2.